The second kappa shape index (κ2) is 6.75. The van der Waals surface area contributed by atoms with Crippen molar-refractivity contribution < 1.29 is 4.74 Å². The molecule has 0 saturated carbocycles. The summed E-state index contributed by atoms with van der Waals surface area (Å²) in [4.78, 5) is 4.46. The van der Waals surface area contributed by atoms with Crippen LogP contribution in [0.1, 0.15) is 5.56 Å². The number of anilines is 1. The molecule has 3 rings (SSSR count). The summed E-state index contributed by atoms with van der Waals surface area (Å²) in [7, 11) is 3.65. The fraction of sp³-hybridized carbons (Fsp3) is 0.167. The van der Waals surface area contributed by atoms with Crippen LogP contribution in [0.2, 0.25) is 5.02 Å². The Labute approximate surface area is 140 Å². The second-order valence-corrected chi connectivity index (χ2v) is 5.68. The van der Waals surface area contributed by atoms with Crippen molar-refractivity contribution in [3.8, 4) is 17.0 Å². The van der Waals surface area contributed by atoms with Crippen LogP contribution in [0.4, 0.5) is 5.95 Å². The summed E-state index contributed by atoms with van der Waals surface area (Å²) in [6, 6.07) is 15.7. The average molecular weight is 328 g/mol. The minimum Gasteiger partial charge on any atom is -0.497 e. The monoisotopic (exact) mass is 327 g/mol. The molecule has 1 aromatic heterocycles. The van der Waals surface area contributed by atoms with Gasteiger partial charge in [-0.2, -0.15) is 0 Å². The molecular formula is C18H18ClN3O. The first-order valence-electron chi connectivity index (χ1n) is 7.32. The highest BCUT2D eigenvalue weighted by Crippen LogP contribution is 2.24. The Hall–Kier alpha value is -2.46. The number of nitrogens with zero attached hydrogens (tertiary/aromatic N) is 2. The number of halogens is 1. The van der Waals surface area contributed by atoms with E-state index in [0.29, 0.717) is 6.54 Å². The van der Waals surface area contributed by atoms with Gasteiger partial charge in [0, 0.05) is 24.2 Å². The van der Waals surface area contributed by atoms with Crippen molar-refractivity contribution in [1.29, 1.82) is 0 Å². The number of hydrogen-bond donors (Lipinski definition) is 1. The number of aromatic nitrogens is 2. The Balaban J connectivity index is 1.77. The van der Waals surface area contributed by atoms with E-state index in [1.54, 1.807) is 7.11 Å². The molecular weight excluding hydrogens is 310 g/mol. The maximum Gasteiger partial charge on any atom is 0.203 e. The predicted octanol–water partition coefficient (Wildman–Crippen LogP) is 4.36. The van der Waals surface area contributed by atoms with Gasteiger partial charge < -0.3 is 14.6 Å². The lowest BCUT2D eigenvalue weighted by atomic mass is 10.2. The van der Waals surface area contributed by atoms with E-state index in [2.05, 4.69) is 16.4 Å². The van der Waals surface area contributed by atoms with Crippen LogP contribution in [0.15, 0.2) is 54.7 Å². The van der Waals surface area contributed by atoms with Crippen molar-refractivity contribution in [2.45, 2.75) is 6.54 Å². The van der Waals surface area contributed by atoms with Gasteiger partial charge in [-0.3, -0.25) is 0 Å². The number of rotatable bonds is 5. The minimum atomic E-state index is 0.678. The molecule has 5 heteroatoms. The molecule has 0 saturated heterocycles. The highest BCUT2D eigenvalue weighted by atomic mass is 35.5. The predicted molar refractivity (Wildman–Crippen MR) is 94.0 cm³/mol. The third-order valence-corrected chi connectivity index (χ3v) is 3.93. The van der Waals surface area contributed by atoms with Gasteiger partial charge >= 0.3 is 0 Å². The van der Waals surface area contributed by atoms with Crippen molar-refractivity contribution in [1.82, 2.24) is 9.55 Å². The second-order valence-electron chi connectivity index (χ2n) is 5.24. The molecule has 0 aliphatic rings. The maximum absolute atomic E-state index is 6.07. The number of benzene rings is 2. The number of imidazole rings is 1. The lowest BCUT2D eigenvalue weighted by Gasteiger charge is -2.09. The Morgan fingerprint density at radius 1 is 1.17 bits per heavy atom. The van der Waals surface area contributed by atoms with Crippen LogP contribution in [0.3, 0.4) is 0 Å². The van der Waals surface area contributed by atoms with Gasteiger partial charge in [0.15, 0.2) is 0 Å². The first-order chi connectivity index (χ1) is 11.2. The Morgan fingerprint density at radius 2 is 2.00 bits per heavy atom. The van der Waals surface area contributed by atoms with Crippen LogP contribution in [0, 0.1) is 0 Å². The average Bonchev–Trinajstić information content (AvgIpc) is 2.94. The molecule has 0 unspecified atom stereocenters. The van der Waals surface area contributed by atoms with Gasteiger partial charge in [-0.15, -0.1) is 0 Å². The summed E-state index contributed by atoms with van der Waals surface area (Å²) in [6.07, 6.45) is 1.85. The lowest BCUT2D eigenvalue weighted by molar-refractivity contribution is 0.414. The van der Waals surface area contributed by atoms with Crippen LogP contribution in [-0.2, 0) is 13.6 Å². The number of hydrogen-bond acceptors (Lipinski definition) is 3. The van der Waals surface area contributed by atoms with Gasteiger partial charge in [-0.1, -0.05) is 35.9 Å². The quantitative estimate of drug-likeness (QED) is 0.756. The molecule has 3 aromatic rings. The first kappa shape index (κ1) is 15.4. The zero-order valence-electron chi connectivity index (χ0n) is 13.1. The molecule has 0 spiro atoms. The molecule has 0 aliphatic carbocycles. The molecule has 0 atom stereocenters. The molecule has 1 heterocycles. The summed E-state index contributed by atoms with van der Waals surface area (Å²) < 4.78 is 7.26. The largest absolute Gasteiger partial charge is 0.497 e. The summed E-state index contributed by atoms with van der Waals surface area (Å²) in [5.74, 6) is 1.66. The summed E-state index contributed by atoms with van der Waals surface area (Å²) in [6.45, 7) is 0.678. The van der Waals surface area contributed by atoms with E-state index in [1.807, 2.05) is 60.3 Å². The molecule has 2 aromatic carbocycles. The van der Waals surface area contributed by atoms with Gasteiger partial charge in [-0.05, 0) is 29.8 Å². The van der Waals surface area contributed by atoms with Crippen molar-refractivity contribution in [3.63, 3.8) is 0 Å². The van der Waals surface area contributed by atoms with Crippen LogP contribution < -0.4 is 10.1 Å². The SMILES string of the molecule is COc1cccc(CNc2ncc(-c3cccc(Cl)c3)n2C)c1. The number of ether oxygens (including phenoxy) is 1. The molecule has 0 aliphatic heterocycles. The zero-order chi connectivity index (χ0) is 16.2. The Kier molecular flexibility index (Phi) is 4.53. The van der Waals surface area contributed by atoms with E-state index >= 15 is 0 Å². The minimum absolute atomic E-state index is 0.678. The Bertz CT molecular complexity index is 814. The highest BCUT2D eigenvalue weighted by molar-refractivity contribution is 6.30. The van der Waals surface area contributed by atoms with Gasteiger partial charge in [0.2, 0.25) is 5.95 Å². The van der Waals surface area contributed by atoms with Crippen LogP contribution in [0.5, 0.6) is 5.75 Å². The van der Waals surface area contributed by atoms with E-state index in [4.69, 9.17) is 16.3 Å². The molecule has 23 heavy (non-hydrogen) atoms. The maximum atomic E-state index is 6.07. The third-order valence-electron chi connectivity index (χ3n) is 3.69. The number of nitrogens with one attached hydrogen (secondary N) is 1. The highest BCUT2D eigenvalue weighted by Gasteiger charge is 2.08. The number of methoxy groups -OCH3 is 1. The normalized spacial score (nSPS) is 10.6. The van der Waals surface area contributed by atoms with E-state index in [-0.39, 0.29) is 0 Å². The van der Waals surface area contributed by atoms with Crippen LogP contribution >= 0.6 is 11.6 Å². The molecule has 0 bridgehead atoms. The third kappa shape index (κ3) is 3.48. The van der Waals surface area contributed by atoms with Crippen LogP contribution in [0.25, 0.3) is 11.3 Å². The molecule has 118 valence electrons. The summed E-state index contributed by atoms with van der Waals surface area (Å²) in [5.41, 5.74) is 3.19. The van der Waals surface area contributed by atoms with Crippen molar-refractivity contribution in [2.75, 3.05) is 12.4 Å². The molecule has 0 amide bonds. The van der Waals surface area contributed by atoms with Gasteiger partial charge in [0.25, 0.3) is 0 Å². The molecule has 0 radical (unpaired) electrons. The fourth-order valence-electron chi connectivity index (χ4n) is 2.45. The molecule has 0 fully saturated rings. The lowest BCUT2D eigenvalue weighted by Crippen LogP contribution is -2.05. The van der Waals surface area contributed by atoms with E-state index < -0.39 is 0 Å². The molecule has 1 N–H and O–H groups in total. The van der Waals surface area contributed by atoms with E-state index in [0.717, 1.165) is 33.5 Å². The summed E-state index contributed by atoms with van der Waals surface area (Å²) in [5, 5.41) is 4.07. The van der Waals surface area contributed by atoms with E-state index in [1.165, 1.54) is 0 Å². The topological polar surface area (TPSA) is 39.1 Å². The van der Waals surface area contributed by atoms with Crippen molar-refractivity contribution >= 4 is 17.5 Å². The zero-order valence-corrected chi connectivity index (χ0v) is 13.8. The fourth-order valence-corrected chi connectivity index (χ4v) is 2.64. The van der Waals surface area contributed by atoms with Gasteiger partial charge in [-0.25, -0.2) is 4.98 Å². The van der Waals surface area contributed by atoms with Gasteiger partial charge in [0.1, 0.15) is 5.75 Å². The van der Waals surface area contributed by atoms with Gasteiger partial charge in [0.05, 0.1) is 19.0 Å². The van der Waals surface area contributed by atoms with E-state index in [9.17, 15) is 0 Å². The van der Waals surface area contributed by atoms with Crippen molar-refractivity contribution in [3.05, 3.63) is 65.3 Å². The Morgan fingerprint density at radius 3 is 2.78 bits per heavy atom. The van der Waals surface area contributed by atoms with Crippen LogP contribution in [-0.4, -0.2) is 16.7 Å². The summed E-state index contributed by atoms with van der Waals surface area (Å²) >= 11 is 6.07. The standard InChI is InChI=1S/C18H18ClN3O/c1-22-17(14-6-4-7-15(19)10-14)12-21-18(22)20-11-13-5-3-8-16(9-13)23-2/h3-10,12H,11H2,1-2H3,(H,20,21). The first-order valence-corrected chi connectivity index (χ1v) is 7.69. The smallest absolute Gasteiger partial charge is 0.203 e. The molecule has 4 nitrogen and oxygen atoms in total. The van der Waals surface area contributed by atoms with Crippen molar-refractivity contribution in [2.24, 2.45) is 7.05 Å².